The van der Waals surface area contributed by atoms with Crippen molar-refractivity contribution >= 4 is 45.7 Å². The van der Waals surface area contributed by atoms with Gasteiger partial charge in [0.1, 0.15) is 11.5 Å². The molecule has 2 aliphatic carbocycles. The molecular weight excluding hydrogens is 535 g/mol. The maximum atomic E-state index is 15.7. The largest absolute Gasteiger partial charge is 0.299 e. The summed E-state index contributed by atoms with van der Waals surface area (Å²) in [6.45, 7) is 2.07. The third-order valence-corrected chi connectivity index (χ3v) is 9.47. The van der Waals surface area contributed by atoms with Crippen LogP contribution in [-0.4, -0.2) is 34.9 Å². The monoisotopic (exact) mass is 566 g/mol. The number of thiazole rings is 1. The van der Waals surface area contributed by atoms with Crippen LogP contribution in [0.15, 0.2) is 30.5 Å². The van der Waals surface area contributed by atoms with Gasteiger partial charge in [-0.2, -0.15) is 4.39 Å². The van der Waals surface area contributed by atoms with Crippen LogP contribution in [0.4, 0.5) is 15.3 Å². The number of likely N-dealkylation sites (N-methyl/N-ethyl adjacent to an activating group) is 1. The molecule has 0 saturated heterocycles. The van der Waals surface area contributed by atoms with Gasteiger partial charge < -0.3 is 0 Å². The first-order chi connectivity index (χ1) is 18.8. The standard InChI is InChI=1S/C30H32ClFN4O2S/c1-3-18(12-17-6-4-5-7-17)29(38)36(22-9-10-22)30-34-26(27(32)39-30)24-15-21(31)8-11-23(24)20-13-19-14-25(37)35(2)28(19)33-16-20/h8,11,13,15-18,22H,3-7,9-10,12,14H2,1-2H3/t18-/m1/s1. The van der Waals surface area contributed by atoms with Crippen LogP contribution < -0.4 is 9.80 Å². The third-order valence-electron chi connectivity index (χ3n) is 8.39. The van der Waals surface area contributed by atoms with Gasteiger partial charge in [-0.05, 0) is 55.4 Å². The average molecular weight is 567 g/mol. The van der Waals surface area contributed by atoms with Crippen LogP contribution in [-0.2, 0) is 16.0 Å². The second-order valence-electron chi connectivity index (χ2n) is 11.1. The van der Waals surface area contributed by atoms with Gasteiger partial charge in [0.15, 0.2) is 5.13 Å². The molecule has 0 radical (unpaired) electrons. The minimum absolute atomic E-state index is 0.00989. The molecular formula is C30H32ClFN4O2S. The Bertz CT molecular complexity index is 1430. The molecule has 3 aliphatic rings. The first-order valence-electron chi connectivity index (χ1n) is 13.9. The van der Waals surface area contributed by atoms with Gasteiger partial charge in [0.05, 0.1) is 6.42 Å². The molecule has 1 aliphatic heterocycles. The molecule has 9 heteroatoms. The lowest BCUT2D eigenvalue weighted by Gasteiger charge is -2.26. The van der Waals surface area contributed by atoms with E-state index in [9.17, 15) is 9.59 Å². The number of carbonyl (C=O) groups is 2. The van der Waals surface area contributed by atoms with E-state index in [0.717, 1.165) is 53.7 Å². The van der Waals surface area contributed by atoms with E-state index in [2.05, 4.69) is 11.9 Å². The fraction of sp³-hybridized carbons (Fsp3) is 0.467. The Morgan fingerprint density at radius 1 is 1.21 bits per heavy atom. The number of benzene rings is 1. The Labute approximate surface area is 237 Å². The highest BCUT2D eigenvalue weighted by atomic mass is 35.5. The zero-order valence-electron chi connectivity index (χ0n) is 22.3. The Hall–Kier alpha value is -2.84. The highest BCUT2D eigenvalue weighted by molar-refractivity contribution is 7.14. The van der Waals surface area contributed by atoms with E-state index < -0.39 is 5.13 Å². The summed E-state index contributed by atoms with van der Waals surface area (Å²) in [5.41, 5.74) is 3.05. The number of pyridine rings is 1. The summed E-state index contributed by atoms with van der Waals surface area (Å²) in [5.74, 6) is 1.25. The van der Waals surface area contributed by atoms with Crippen molar-refractivity contribution < 1.29 is 14.0 Å². The molecule has 6 nitrogen and oxygen atoms in total. The lowest BCUT2D eigenvalue weighted by atomic mass is 9.90. The fourth-order valence-corrected chi connectivity index (χ4v) is 7.12. The molecule has 3 heterocycles. The molecule has 1 aromatic carbocycles. The lowest BCUT2D eigenvalue weighted by molar-refractivity contribution is -0.123. The fourth-order valence-electron chi connectivity index (χ4n) is 6.06. The van der Waals surface area contributed by atoms with Crippen LogP contribution >= 0.6 is 22.9 Å². The Kier molecular flexibility index (Phi) is 7.18. The zero-order chi connectivity index (χ0) is 27.3. The molecule has 204 valence electrons. The van der Waals surface area contributed by atoms with Gasteiger partial charge >= 0.3 is 0 Å². The molecule has 2 saturated carbocycles. The third kappa shape index (κ3) is 5.09. The van der Waals surface area contributed by atoms with Crippen molar-refractivity contribution in [1.82, 2.24) is 9.97 Å². The van der Waals surface area contributed by atoms with Crippen molar-refractivity contribution in [2.75, 3.05) is 16.8 Å². The minimum atomic E-state index is -0.445. The van der Waals surface area contributed by atoms with E-state index in [1.165, 1.54) is 25.7 Å². The van der Waals surface area contributed by atoms with Gasteiger partial charge in [0.25, 0.3) is 0 Å². The maximum absolute atomic E-state index is 15.7. The van der Waals surface area contributed by atoms with Crippen molar-refractivity contribution in [2.24, 2.45) is 11.8 Å². The Morgan fingerprint density at radius 2 is 1.97 bits per heavy atom. The van der Waals surface area contributed by atoms with E-state index in [4.69, 9.17) is 16.6 Å². The van der Waals surface area contributed by atoms with Crippen LogP contribution in [0.25, 0.3) is 22.4 Å². The second-order valence-corrected chi connectivity index (χ2v) is 12.4. The topological polar surface area (TPSA) is 66.4 Å². The summed E-state index contributed by atoms with van der Waals surface area (Å²) in [5, 5.41) is 0.439. The summed E-state index contributed by atoms with van der Waals surface area (Å²) in [4.78, 5) is 38.6. The van der Waals surface area contributed by atoms with Crippen LogP contribution in [0.1, 0.15) is 63.9 Å². The number of carbonyl (C=O) groups excluding carboxylic acids is 2. The molecule has 0 bridgehead atoms. The van der Waals surface area contributed by atoms with Crippen molar-refractivity contribution in [2.45, 2.75) is 70.8 Å². The van der Waals surface area contributed by atoms with Gasteiger partial charge in [-0.1, -0.05) is 61.6 Å². The lowest BCUT2D eigenvalue weighted by Crippen LogP contribution is -2.38. The first kappa shape index (κ1) is 26.4. The Balaban J connectivity index is 1.35. The molecule has 0 spiro atoms. The van der Waals surface area contributed by atoms with Gasteiger partial charge in [-0.15, -0.1) is 0 Å². The van der Waals surface area contributed by atoms with Crippen LogP contribution in [0.5, 0.6) is 0 Å². The Morgan fingerprint density at radius 3 is 2.69 bits per heavy atom. The molecule has 1 atom stereocenters. The number of halogens is 2. The van der Waals surface area contributed by atoms with E-state index in [1.54, 1.807) is 35.2 Å². The van der Waals surface area contributed by atoms with E-state index in [-0.39, 0.29) is 35.9 Å². The molecule has 3 aromatic rings. The van der Waals surface area contributed by atoms with Gasteiger partial charge in [-0.3, -0.25) is 19.4 Å². The van der Waals surface area contributed by atoms with Crippen LogP contribution in [0, 0.1) is 17.0 Å². The number of aromatic nitrogens is 2. The predicted octanol–water partition coefficient (Wildman–Crippen LogP) is 7.29. The molecule has 6 rings (SSSR count). The van der Waals surface area contributed by atoms with Gasteiger partial charge in [-0.25, -0.2) is 9.97 Å². The van der Waals surface area contributed by atoms with Crippen molar-refractivity contribution in [3.63, 3.8) is 0 Å². The van der Waals surface area contributed by atoms with E-state index in [1.807, 2.05) is 12.1 Å². The van der Waals surface area contributed by atoms with E-state index in [0.29, 0.717) is 27.5 Å². The molecule has 39 heavy (non-hydrogen) atoms. The zero-order valence-corrected chi connectivity index (χ0v) is 23.8. The van der Waals surface area contributed by atoms with Crippen molar-refractivity contribution in [1.29, 1.82) is 0 Å². The summed E-state index contributed by atoms with van der Waals surface area (Å²) < 4.78 is 15.7. The van der Waals surface area contributed by atoms with Crippen LogP contribution in [0.2, 0.25) is 5.02 Å². The van der Waals surface area contributed by atoms with Crippen molar-refractivity contribution in [3.05, 3.63) is 46.2 Å². The average Bonchev–Trinajstić information content (AvgIpc) is 3.34. The first-order valence-corrected chi connectivity index (χ1v) is 15.1. The highest BCUT2D eigenvalue weighted by Gasteiger charge is 2.39. The normalized spacial score (nSPS) is 18.1. The minimum Gasteiger partial charge on any atom is -0.299 e. The molecule has 2 fully saturated rings. The number of nitrogens with zero attached hydrogens (tertiary/aromatic N) is 4. The molecule has 0 N–H and O–H groups in total. The summed E-state index contributed by atoms with van der Waals surface area (Å²) in [6.07, 6.45) is 10.4. The molecule has 2 amide bonds. The van der Waals surface area contributed by atoms with Gasteiger partial charge in [0.2, 0.25) is 16.9 Å². The number of fused-ring (bicyclic) bond motifs is 1. The maximum Gasteiger partial charge on any atom is 0.232 e. The number of hydrogen-bond acceptors (Lipinski definition) is 5. The number of amides is 2. The summed E-state index contributed by atoms with van der Waals surface area (Å²) >= 11 is 7.31. The van der Waals surface area contributed by atoms with Crippen molar-refractivity contribution in [3.8, 4) is 22.4 Å². The second kappa shape index (κ2) is 10.6. The smallest absolute Gasteiger partial charge is 0.232 e. The van der Waals surface area contributed by atoms with Gasteiger partial charge in [0, 0.05) is 46.9 Å². The summed E-state index contributed by atoms with van der Waals surface area (Å²) in [7, 11) is 1.71. The molecule has 2 aromatic heterocycles. The number of anilines is 2. The SMILES string of the molecule is CC[C@H](CC1CCCC1)C(=O)N(c1nc(-c2cc(Cl)ccc2-c2cnc3c(c2)CC(=O)N3C)c(F)s1)C1CC1. The highest BCUT2D eigenvalue weighted by Crippen LogP contribution is 2.43. The number of hydrogen-bond donors (Lipinski definition) is 0. The quantitative estimate of drug-likeness (QED) is 0.287. The van der Waals surface area contributed by atoms with E-state index >= 15 is 4.39 Å². The summed E-state index contributed by atoms with van der Waals surface area (Å²) in [6, 6.07) is 7.31. The molecule has 0 unspecified atom stereocenters. The number of rotatable bonds is 8. The predicted molar refractivity (Wildman–Crippen MR) is 154 cm³/mol. The van der Waals surface area contributed by atoms with Crippen LogP contribution in [0.3, 0.4) is 0 Å².